The smallest absolute Gasteiger partial charge is 0.282 e. The van der Waals surface area contributed by atoms with Crippen molar-refractivity contribution in [3.05, 3.63) is 65.7 Å². The zero-order valence-corrected chi connectivity index (χ0v) is 16.5. The minimum Gasteiger partial charge on any atom is -0.293 e. The molecule has 0 aliphatic carbocycles. The Morgan fingerprint density at radius 2 is 1.63 bits per heavy atom. The third-order valence-electron chi connectivity index (χ3n) is 3.37. The Bertz CT molecular complexity index is 1010. The molecule has 0 atom stereocenters. The Morgan fingerprint density at radius 3 is 2.04 bits per heavy atom. The predicted octanol–water partition coefficient (Wildman–Crippen LogP) is 2.67. The zero-order valence-electron chi connectivity index (χ0n) is 14.9. The number of carbonyl (C=O) groups is 2. The number of carbonyl (C=O) groups excluding carboxylic acids is 2. The zero-order chi connectivity index (χ0) is 19.3. The van der Waals surface area contributed by atoms with Crippen LogP contribution in [0.5, 0.6) is 0 Å². The van der Waals surface area contributed by atoms with Crippen LogP contribution in [-0.4, -0.2) is 39.4 Å². The SMILES string of the molecule is CC(=O)c1ccn(S(=O)(=O)c2ccc(C)cc2)n1.CC(=O)c1ccn[nH]1.Cl. The molecular formula is C17H19ClN4O4S. The lowest BCUT2D eigenvalue weighted by Gasteiger charge is -2.04. The maximum Gasteiger partial charge on any atom is 0.282 e. The monoisotopic (exact) mass is 410 g/mol. The number of benzene rings is 1. The fourth-order valence-corrected chi connectivity index (χ4v) is 3.01. The lowest BCUT2D eigenvalue weighted by atomic mass is 10.2. The van der Waals surface area contributed by atoms with Gasteiger partial charge in [-0.1, -0.05) is 17.7 Å². The summed E-state index contributed by atoms with van der Waals surface area (Å²) in [6, 6.07) is 9.47. The van der Waals surface area contributed by atoms with E-state index in [2.05, 4.69) is 15.3 Å². The van der Waals surface area contributed by atoms with Crippen LogP contribution in [0.2, 0.25) is 0 Å². The topological polar surface area (TPSA) is 115 Å². The molecule has 0 unspecified atom stereocenters. The number of halogens is 1. The number of hydrogen-bond acceptors (Lipinski definition) is 6. The maximum absolute atomic E-state index is 12.2. The Balaban J connectivity index is 0.000000342. The van der Waals surface area contributed by atoms with E-state index in [1.54, 1.807) is 24.4 Å². The Hall–Kier alpha value is -2.78. The van der Waals surface area contributed by atoms with Gasteiger partial charge in [0.15, 0.2) is 11.6 Å². The Morgan fingerprint density at radius 1 is 1.00 bits per heavy atom. The van der Waals surface area contributed by atoms with Crippen molar-refractivity contribution in [1.29, 1.82) is 0 Å². The van der Waals surface area contributed by atoms with Gasteiger partial charge in [0.2, 0.25) is 0 Å². The summed E-state index contributed by atoms with van der Waals surface area (Å²) in [6.45, 7) is 4.71. The van der Waals surface area contributed by atoms with Crippen LogP contribution in [0.15, 0.2) is 53.7 Å². The van der Waals surface area contributed by atoms with Gasteiger partial charge in [0.05, 0.1) is 4.90 Å². The molecule has 0 fully saturated rings. The van der Waals surface area contributed by atoms with Crippen LogP contribution >= 0.6 is 12.4 Å². The molecule has 27 heavy (non-hydrogen) atoms. The molecule has 0 saturated heterocycles. The van der Waals surface area contributed by atoms with E-state index >= 15 is 0 Å². The number of hydrogen-bond donors (Lipinski definition) is 1. The summed E-state index contributed by atoms with van der Waals surface area (Å²) in [4.78, 5) is 21.7. The number of aromatic nitrogens is 4. The molecule has 3 aromatic rings. The van der Waals surface area contributed by atoms with Crippen molar-refractivity contribution in [2.45, 2.75) is 25.7 Å². The van der Waals surface area contributed by atoms with Crippen LogP contribution in [0.1, 0.15) is 40.4 Å². The fourth-order valence-electron chi connectivity index (χ4n) is 1.90. The first-order chi connectivity index (χ1) is 12.2. The minimum absolute atomic E-state index is 0. The van der Waals surface area contributed by atoms with E-state index in [9.17, 15) is 18.0 Å². The van der Waals surface area contributed by atoms with Crippen molar-refractivity contribution < 1.29 is 18.0 Å². The van der Waals surface area contributed by atoms with Crippen LogP contribution in [-0.2, 0) is 10.0 Å². The van der Waals surface area contributed by atoms with Crippen molar-refractivity contribution in [3.8, 4) is 0 Å². The number of rotatable bonds is 4. The summed E-state index contributed by atoms with van der Waals surface area (Å²) in [5.74, 6) is -0.254. The Labute approximate surface area is 163 Å². The van der Waals surface area contributed by atoms with E-state index in [1.165, 1.54) is 38.2 Å². The van der Waals surface area contributed by atoms with E-state index < -0.39 is 10.0 Å². The molecule has 10 heteroatoms. The summed E-state index contributed by atoms with van der Waals surface area (Å²) in [7, 11) is -3.72. The number of Topliss-reactive ketones (excluding diaryl/α,β-unsaturated/α-hetero) is 2. The van der Waals surface area contributed by atoms with Crippen LogP contribution in [0.3, 0.4) is 0 Å². The average Bonchev–Trinajstić information content (AvgIpc) is 3.28. The van der Waals surface area contributed by atoms with Crippen molar-refractivity contribution >= 4 is 34.0 Å². The summed E-state index contributed by atoms with van der Waals surface area (Å²) in [5, 5.41) is 9.89. The van der Waals surface area contributed by atoms with Crippen LogP contribution in [0.4, 0.5) is 0 Å². The second-order valence-corrected chi connectivity index (χ2v) is 7.27. The molecule has 8 nitrogen and oxygen atoms in total. The van der Waals surface area contributed by atoms with Gasteiger partial charge in [-0.3, -0.25) is 14.7 Å². The first-order valence-electron chi connectivity index (χ1n) is 7.61. The number of nitrogens with one attached hydrogen (secondary N) is 1. The normalized spacial score (nSPS) is 10.3. The molecule has 0 aliphatic rings. The maximum atomic E-state index is 12.2. The lowest BCUT2D eigenvalue weighted by Crippen LogP contribution is -2.14. The highest BCUT2D eigenvalue weighted by molar-refractivity contribution is 7.89. The average molecular weight is 411 g/mol. The third kappa shape index (κ3) is 5.60. The molecule has 2 heterocycles. The molecule has 0 aliphatic heterocycles. The van der Waals surface area contributed by atoms with Gasteiger partial charge in [-0.15, -0.1) is 12.4 Å². The lowest BCUT2D eigenvalue weighted by molar-refractivity contribution is 0.1000. The number of aromatic amines is 1. The number of aryl methyl sites for hydroxylation is 1. The quantitative estimate of drug-likeness (QED) is 0.661. The molecule has 1 N–H and O–H groups in total. The van der Waals surface area contributed by atoms with Gasteiger partial charge in [0.25, 0.3) is 10.0 Å². The van der Waals surface area contributed by atoms with Crippen molar-refractivity contribution in [1.82, 2.24) is 19.4 Å². The summed E-state index contributed by atoms with van der Waals surface area (Å²) >= 11 is 0. The molecule has 2 aromatic heterocycles. The number of nitrogens with zero attached hydrogens (tertiary/aromatic N) is 3. The molecule has 0 radical (unpaired) electrons. The van der Waals surface area contributed by atoms with Crippen LogP contribution in [0, 0.1) is 6.92 Å². The first-order valence-corrected chi connectivity index (χ1v) is 9.05. The molecule has 0 spiro atoms. The van der Waals surface area contributed by atoms with Crippen molar-refractivity contribution in [2.75, 3.05) is 0 Å². The molecule has 1 aromatic carbocycles. The molecule has 3 rings (SSSR count). The van der Waals surface area contributed by atoms with E-state index in [0.29, 0.717) is 5.69 Å². The highest BCUT2D eigenvalue weighted by Crippen LogP contribution is 2.14. The molecule has 0 bridgehead atoms. The second-order valence-electron chi connectivity index (χ2n) is 5.47. The van der Waals surface area contributed by atoms with E-state index in [0.717, 1.165) is 9.65 Å². The minimum atomic E-state index is -3.72. The molecule has 0 saturated carbocycles. The third-order valence-corrected chi connectivity index (χ3v) is 4.94. The van der Waals surface area contributed by atoms with Gasteiger partial charge in [-0.05, 0) is 31.2 Å². The van der Waals surface area contributed by atoms with Gasteiger partial charge < -0.3 is 0 Å². The summed E-state index contributed by atoms with van der Waals surface area (Å²) < 4.78 is 25.2. The van der Waals surface area contributed by atoms with Crippen molar-refractivity contribution in [3.63, 3.8) is 0 Å². The van der Waals surface area contributed by atoms with Gasteiger partial charge >= 0.3 is 0 Å². The highest BCUT2D eigenvalue weighted by Gasteiger charge is 2.18. The van der Waals surface area contributed by atoms with Gasteiger partial charge in [0.1, 0.15) is 11.4 Å². The molecule has 144 valence electrons. The summed E-state index contributed by atoms with van der Waals surface area (Å²) in [5.41, 5.74) is 1.66. The fraction of sp³-hybridized carbons (Fsp3) is 0.176. The van der Waals surface area contributed by atoms with Gasteiger partial charge in [-0.25, -0.2) is 0 Å². The predicted molar refractivity (Wildman–Crippen MR) is 102 cm³/mol. The van der Waals surface area contributed by atoms with E-state index in [1.807, 2.05) is 6.92 Å². The second kappa shape index (κ2) is 9.24. The van der Waals surface area contributed by atoms with Gasteiger partial charge in [-0.2, -0.15) is 22.7 Å². The molecular weight excluding hydrogens is 392 g/mol. The number of H-pyrrole nitrogens is 1. The summed E-state index contributed by atoms with van der Waals surface area (Å²) in [6.07, 6.45) is 2.82. The number of ketones is 2. The first kappa shape index (κ1) is 22.3. The van der Waals surface area contributed by atoms with Crippen LogP contribution < -0.4 is 0 Å². The highest BCUT2D eigenvalue weighted by atomic mass is 35.5. The van der Waals surface area contributed by atoms with E-state index in [4.69, 9.17) is 0 Å². The van der Waals surface area contributed by atoms with E-state index in [-0.39, 0.29) is 34.6 Å². The Kier molecular flexibility index (Phi) is 7.62. The van der Waals surface area contributed by atoms with Crippen molar-refractivity contribution in [2.24, 2.45) is 0 Å². The van der Waals surface area contributed by atoms with Crippen LogP contribution in [0.25, 0.3) is 0 Å². The van der Waals surface area contributed by atoms with Gasteiger partial charge in [0, 0.05) is 26.2 Å². The standard InChI is InChI=1S/C12H12N2O3S.C5H6N2O.ClH/c1-9-3-5-11(6-4-9)18(16,17)14-8-7-12(13-14)10(2)15;1-4(8)5-2-3-6-7-5;/h3-8H,1-2H3;2-3H,1H3,(H,6,7);1H. The largest absolute Gasteiger partial charge is 0.293 e. The molecule has 0 amide bonds.